The summed E-state index contributed by atoms with van der Waals surface area (Å²) in [6, 6.07) is 54.0. The molecule has 4 aromatic heterocycles. The van der Waals surface area contributed by atoms with E-state index in [-0.39, 0.29) is 0 Å². The van der Waals surface area contributed by atoms with Gasteiger partial charge < -0.3 is 0 Å². The smallest absolute Gasteiger partial charge is 0.165 e. The molecule has 5 aromatic carbocycles. The molecule has 47 heavy (non-hydrogen) atoms. The van der Waals surface area contributed by atoms with E-state index in [9.17, 15) is 0 Å². The lowest BCUT2D eigenvalue weighted by Gasteiger charge is -2.18. The molecule has 0 aliphatic carbocycles. The third-order valence-electron chi connectivity index (χ3n) is 8.62. The number of pyridine rings is 2. The normalized spacial score (nSPS) is 11.4. The van der Waals surface area contributed by atoms with E-state index in [0.717, 1.165) is 78.0 Å². The van der Waals surface area contributed by atoms with Crippen molar-refractivity contribution in [3.63, 3.8) is 0 Å². The van der Waals surface area contributed by atoms with Crippen molar-refractivity contribution in [2.45, 2.75) is 0 Å². The number of nitrogens with zero attached hydrogens (tertiary/aromatic N) is 5. The summed E-state index contributed by atoms with van der Waals surface area (Å²) in [5, 5.41) is 2.13. The van der Waals surface area contributed by atoms with Gasteiger partial charge in [0, 0.05) is 44.8 Å². The van der Waals surface area contributed by atoms with Crippen molar-refractivity contribution in [3.05, 3.63) is 164 Å². The summed E-state index contributed by atoms with van der Waals surface area (Å²) in [6.45, 7) is 0. The van der Waals surface area contributed by atoms with Crippen molar-refractivity contribution in [3.8, 4) is 56.3 Å². The Morgan fingerprint density at radius 2 is 0.936 bits per heavy atom. The lowest BCUT2D eigenvalue weighted by molar-refractivity contribution is 1.18. The van der Waals surface area contributed by atoms with Crippen LogP contribution in [-0.4, -0.2) is 24.3 Å². The van der Waals surface area contributed by atoms with Crippen molar-refractivity contribution < 1.29 is 0 Å². The molecule has 0 bridgehead atoms. The van der Waals surface area contributed by atoms with Gasteiger partial charge in [-0.3, -0.25) is 4.40 Å². The molecule has 0 saturated carbocycles. The number of imidazole rings is 1. The second kappa shape index (κ2) is 11.2. The van der Waals surface area contributed by atoms with Gasteiger partial charge in [-0.15, -0.1) is 0 Å². The van der Waals surface area contributed by atoms with Crippen molar-refractivity contribution >= 4 is 27.6 Å². The summed E-state index contributed by atoms with van der Waals surface area (Å²) in [5.41, 5.74) is 11.3. The van der Waals surface area contributed by atoms with Crippen LogP contribution >= 0.6 is 0 Å². The first-order valence-corrected chi connectivity index (χ1v) is 15.7. The van der Waals surface area contributed by atoms with Gasteiger partial charge in [0.1, 0.15) is 11.2 Å². The maximum absolute atomic E-state index is 5.28. The first kappa shape index (κ1) is 26.9. The Hall–Kier alpha value is -6.46. The van der Waals surface area contributed by atoms with Crippen LogP contribution in [0.3, 0.4) is 0 Å². The van der Waals surface area contributed by atoms with Gasteiger partial charge in [-0.05, 0) is 23.8 Å². The van der Waals surface area contributed by atoms with Crippen LogP contribution < -0.4 is 0 Å². The highest BCUT2D eigenvalue weighted by Gasteiger charge is 2.21. The fourth-order valence-electron chi connectivity index (χ4n) is 6.44. The zero-order valence-corrected chi connectivity index (χ0v) is 25.3. The zero-order chi connectivity index (χ0) is 31.2. The number of rotatable bonds is 5. The Kier molecular flexibility index (Phi) is 6.39. The van der Waals surface area contributed by atoms with Gasteiger partial charge in [-0.25, -0.2) is 19.9 Å². The molecular weight excluding hydrogens is 574 g/mol. The molecule has 0 amide bonds. The minimum absolute atomic E-state index is 0.689. The highest BCUT2D eigenvalue weighted by molar-refractivity contribution is 6.09. The molecule has 0 radical (unpaired) electrons. The molecule has 0 N–H and O–H groups in total. The highest BCUT2D eigenvalue weighted by atomic mass is 15.1. The molecule has 9 rings (SSSR count). The summed E-state index contributed by atoms with van der Waals surface area (Å²) in [7, 11) is 0. The van der Waals surface area contributed by atoms with Crippen LogP contribution in [-0.2, 0) is 0 Å². The quantitative estimate of drug-likeness (QED) is 0.197. The van der Waals surface area contributed by atoms with Crippen LogP contribution in [0.4, 0.5) is 0 Å². The fraction of sp³-hybridized carbons (Fsp3) is 0. The van der Waals surface area contributed by atoms with Crippen LogP contribution in [0.25, 0.3) is 83.9 Å². The van der Waals surface area contributed by atoms with Crippen LogP contribution in [0.1, 0.15) is 0 Å². The Morgan fingerprint density at radius 3 is 1.62 bits per heavy atom. The summed E-state index contributed by atoms with van der Waals surface area (Å²) >= 11 is 0. The van der Waals surface area contributed by atoms with Crippen molar-refractivity contribution in [2.24, 2.45) is 0 Å². The average molecular weight is 602 g/mol. The van der Waals surface area contributed by atoms with Crippen molar-refractivity contribution in [1.82, 2.24) is 24.3 Å². The molecule has 0 aliphatic heterocycles. The number of hydrogen-bond acceptors (Lipinski definition) is 4. The predicted octanol–water partition coefficient (Wildman–Crippen LogP) is 10.2. The summed E-state index contributed by atoms with van der Waals surface area (Å²) < 4.78 is 2.06. The minimum Gasteiger partial charge on any atom is -0.284 e. The van der Waals surface area contributed by atoms with E-state index >= 15 is 0 Å². The maximum atomic E-state index is 5.28. The molecule has 0 unspecified atom stereocenters. The first-order chi connectivity index (χ1) is 23.3. The second-order valence-electron chi connectivity index (χ2n) is 11.5. The molecule has 5 nitrogen and oxygen atoms in total. The SMILES string of the molecule is c1ccc(-c2nc(-c3ccccc3)c(-c3cccc(-c4nc5c(nc6ccccn65)c5ccccc45)c3)c(-c3ccccc3)n2)cc1. The summed E-state index contributed by atoms with van der Waals surface area (Å²) in [6.07, 6.45) is 2.02. The van der Waals surface area contributed by atoms with Gasteiger partial charge in [-0.1, -0.05) is 140 Å². The van der Waals surface area contributed by atoms with Gasteiger partial charge in [0.15, 0.2) is 11.5 Å². The number of aromatic nitrogens is 5. The fourth-order valence-corrected chi connectivity index (χ4v) is 6.44. The molecule has 4 heterocycles. The molecule has 0 atom stereocenters. The molecule has 220 valence electrons. The first-order valence-electron chi connectivity index (χ1n) is 15.7. The van der Waals surface area contributed by atoms with E-state index < -0.39 is 0 Å². The van der Waals surface area contributed by atoms with E-state index in [4.69, 9.17) is 19.9 Å². The number of hydrogen-bond donors (Lipinski definition) is 0. The van der Waals surface area contributed by atoms with Gasteiger partial charge in [0.05, 0.1) is 17.1 Å². The largest absolute Gasteiger partial charge is 0.284 e. The number of benzene rings is 5. The average Bonchev–Trinajstić information content (AvgIpc) is 3.54. The molecule has 0 fully saturated rings. The zero-order valence-electron chi connectivity index (χ0n) is 25.3. The van der Waals surface area contributed by atoms with Gasteiger partial charge >= 0.3 is 0 Å². The van der Waals surface area contributed by atoms with Gasteiger partial charge in [-0.2, -0.15) is 0 Å². The van der Waals surface area contributed by atoms with Crippen molar-refractivity contribution in [1.29, 1.82) is 0 Å². The summed E-state index contributed by atoms with van der Waals surface area (Å²) in [4.78, 5) is 20.7. The molecule has 0 aliphatic rings. The molecule has 5 heteroatoms. The second-order valence-corrected chi connectivity index (χ2v) is 11.5. The van der Waals surface area contributed by atoms with Crippen LogP contribution in [0.5, 0.6) is 0 Å². The van der Waals surface area contributed by atoms with Crippen LogP contribution in [0, 0.1) is 0 Å². The van der Waals surface area contributed by atoms with Crippen molar-refractivity contribution in [2.75, 3.05) is 0 Å². The minimum atomic E-state index is 0.689. The third kappa shape index (κ3) is 4.64. The lowest BCUT2D eigenvalue weighted by atomic mass is 9.92. The van der Waals surface area contributed by atoms with Crippen LogP contribution in [0.2, 0.25) is 0 Å². The lowest BCUT2D eigenvalue weighted by Crippen LogP contribution is -2.01. The standard InChI is InChI=1S/C42H27N5/c1-4-15-28(16-5-1)38-36(39(29-17-6-2-7-18-29)45-41(44-38)30-19-8-3-9-20-30)31-21-14-22-32(27-31)37-33-23-10-11-24-34(33)40-42(46-37)47-26-13-12-25-35(47)43-40/h1-27H. The molecule has 0 spiro atoms. The van der Waals surface area contributed by atoms with E-state index in [1.165, 1.54) is 0 Å². The molecular formula is C42H27N5. The topological polar surface area (TPSA) is 56.0 Å². The summed E-state index contributed by atoms with van der Waals surface area (Å²) in [5.74, 6) is 0.689. The Balaban J connectivity index is 1.33. The van der Waals surface area contributed by atoms with E-state index in [1.807, 2.05) is 54.7 Å². The van der Waals surface area contributed by atoms with E-state index in [2.05, 4.69) is 114 Å². The Bertz CT molecular complexity index is 2500. The van der Waals surface area contributed by atoms with Crippen LogP contribution in [0.15, 0.2) is 164 Å². The predicted molar refractivity (Wildman–Crippen MR) is 191 cm³/mol. The van der Waals surface area contributed by atoms with E-state index in [1.54, 1.807) is 0 Å². The monoisotopic (exact) mass is 601 g/mol. The number of fused-ring (bicyclic) bond motifs is 5. The molecule has 9 aromatic rings. The van der Waals surface area contributed by atoms with E-state index in [0.29, 0.717) is 5.82 Å². The third-order valence-corrected chi connectivity index (χ3v) is 8.62. The Morgan fingerprint density at radius 1 is 0.383 bits per heavy atom. The Labute approximate surface area is 271 Å². The molecule has 0 saturated heterocycles. The van der Waals surface area contributed by atoms with Gasteiger partial charge in [0.2, 0.25) is 0 Å². The van der Waals surface area contributed by atoms with Gasteiger partial charge in [0.25, 0.3) is 0 Å². The maximum Gasteiger partial charge on any atom is 0.165 e. The highest BCUT2D eigenvalue weighted by Crippen LogP contribution is 2.41.